The summed E-state index contributed by atoms with van der Waals surface area (Å²) in [4.78, 5) is 71.2. The van der Waals surface area contributed by atoms with Crippen molar-refractivity contribution in [2.45, 2.75) is 75.7 Å². The Kier molecular flexibility index (Phi) is 14.0. The second kappa shape index (κ2) is 15.5. The van der Waals surface area contributed by atoms with Crippen molar-refractivity contribution in [1.29, 1.82) is 0 Å². The van der Waals surface area contributed by atoms with Crippen LogP contribution in [-0.2, 0) is 28.8 Å². The average molecular weight is 491 g/mol. The highest BCUT2D eigenvalue weighted by atomic mass is 16.4. The molecular formula is C19H34N6O9. The molecule has 0 aliphatic heterocycles. The summed E-state index contributed by atoms with van der Waals surface area (Å²) < 4.78 is 0. The van der Waals surface area contributed by atoms with Crippen LogP contribution in [0.3, 0.4) is 0 Å². The van der Waals surface area contributed by atoms with Crippen LogP contribution in [0.15, 0.2) is 0 Å². The van der Waals surface area contributed by atoms with Crippen LogP contribution in [0.4, 0.5) is 0 Å². The molecule has 15 nitrogen and oxygen atoms in total. The van der Waals surface area contributed by atoms with Gasteiger partial charge < -0.3 is 48.5 Å². The smallest absolute Gasteiger partial charge is 0.326 e. The molecule has 0 aliphatic carbocycles. The first-order valence-electron chi connectivity index (χ1n) is 10.6. The predicted molar refractivity (Wildman–Crippen MR) is 117 cm³/mol. The lowest BCUT2D eigenvalue weighted by molar-refractivity contribution is -0.144. The number of aliphatic carboxylic acids is 2. The van der Waals surface area contributed by atoms with Crippen molar-refractivity contribution in [2.24, 2.45) is 17.2 Å². The highest BCUT2D eigenvalue weighted by Crippen LogP contribution is 2.05. The van der Waals surface area contributed by atoms with E-state index in [0.717, 1.165) is 0 Å². The third-order valence-corrected chi connectivity index (χ3v) is 4.71. The van der Waals surface area contributed by atoms with Gasteiger partial charge in [-0.15, -0.1) is 0 Å². The molecule has 0 radical (unpaired) electrons. The third-order valence-electron chi connectivity index (χ3n) is 4.71. The highest BCUT2D eigenvalue weighted by Gasteiger charge is 2.32. The number of carboxylic acids is 2. The minimum absolute atomic E-state index is 0.0283. The summed E-state index contributed by atoms with van der Waals surface area (Å²) in [5.74, 6) is -6.67. The van der Waals surface area contributed by atoms with Crippen LogP contribution in [0, 0.1) is 0 Å². The molecule has 5 unspecified atom stereocenters. The van der Waals surface area contributed by atoms with Gasteiger partial charge in [-0.25, -0.2) is 4.79 Å². The first kappa shape index (κ1) is 30.7. The summed E-state index contributed by atoms with van der Waals surface area (Å²) in [5.41, 5.74) is 16.0. The third kappa shape index (κ3) is 12.1. The van der Waals surface area contributed by atoms with Crippen molar-refractivity contribution < 1.29 is 44.1 Å². The molecule has 5 atom stereocenters. The number of unbranched alkanes of at least 4 members (excludes halogenated alkanes) is 1. The monoisotopic (exact) mass is 490 g/mol. The molecule has 12 N–H and O–H groups in total. The largest absolute Gasteiger partial charge is 0.481 e. The van der Waals surface area contributed by atoms with Gasteiger partial charge in [-0.1, -0.05) is 0 Å². The summed E-state index contributed by atoms with van der Waals surface area (Å²) >= 11 is 0. The van der Waals surface area contributed by atoms with Gasteiger partial charge in [0.05, 0.1) is 12.5 Å². The number of rotatable bonds is 17. The molecule has 0 rings (SSSR count). The van der Waals surface area contributed by atoms with E-state index in [1.165, 1.54) is 6.92 Å². The number of nitrogens with two attached hydrogens (primary N) is 3. The van der Waals surface area contributed by atoms with E-state index in [4.69, 9.17) is 22.3 Å². The highest BCUT2D eigenvalue weighted by molar-refractivity contribution is 5.95. The number of hydrogen-bond acceptors (Lipinski definition) is 9. The van der Waals surface area contributed by atoms with Gasteiger partial charge in [0.1, 0.15) is 24.2 Å². The molecule has 0 heterocycles. The quantitative estimate of drug-likeness (QED) is 0.0888. The number of nitrogens with one attached hydrogen (secondary N) is 3. The molecule has 0 aliphatic rings. The van der Waals surface area contributed by atoms with Gasteiger partial charge in [0, 0.05) is 6.42 Å². The second-order valence-corrected chi connectivity index (χ2v) is 7.68. The van der Waals surface area contributed by atoms with E-state index >= 15 is 0 Å². The van der Waals surface area contributed by atoms with Gasteiger partial charge in [0.2, 0.25) is 23.6 Å². The fraction of sp³-hybridized carbons (Fsp3) is 0.684. The standard InChI is InChI=1S/C19H34N6O9/c1-9(26)15(22)18(32)23-10(5-6-13(21)27)16(30)25-12(8-14(28)29)17(31)24-11(19(33)34)4-2-3-7-20/h9-12,15,26H,2-8,20,22H2,1H3,(H2,21,27)(H,23,32)(H,24,31)(H,25,30)(H,28,29)(H,33,34). The molecular weight excluding hydrogens is 456 g/mol. The van der Waals surface area contributed by atoms with E-state index in [0.29, 0.717) is 19.4 Å². The van der Waals surface area contributed by atoms with Gasteiger partial charge in [0.15, 0.2) is 0 Å². The van der Waals surface area contributed by atoms with Gasteiger partial charge >= 0.3 is 11.9 Å². The van der Waals surface area contributed by atoms with Crippen LogP contribution in [0.1, 0.15) is 45.4 Å². The van der Waals surface area contributed by atoms with Crippen molar-refractivity contribution >= 4 is 35.6 Å². The van der Waals surface area contributed by atoms with Crippen LogP contribution in [-0.4, -0.2) is 87.7 Å². The van der Waals surface area contributed by atoms with Gasteiger partial charge in [-0.2, -0.15) is 0 Å². The van der Waals surface area contributed by atoms with Crippen LogP contribution in [0.2, 0.25) is 0 Å². The van der Waals surface area contributed by atoms with Crippen LogP contribution in [0.25, 0.3) is 0 Å². The molecule has 0 saturated carbocycles. The molecule has 15 heteroatoms. The van der Waals surface area contributed by atoms with Crippen LogP contribution >= 0.6 is 0 Å². The minimum atomic E-state index is -1.69. The topological polar surface area (TPSA) is 277 Å². The van der Waals surface area contributed by atoms with Crippen molar-refractivity contribution in [3.8, 4) is 0 Å². The molecule has 4 amide bonds. The van der Waals surface area contributed by atoms with E-state index < -0.39 is 72.3 Å². The number of aliphatic hydroxyl groups is 1. The van der Waals surface area contributed by atoms with Crippen molar-refractivity contribution in [3.63, 3.8) is 0 Å². The first-order chi connectivity index (χ1) is 15.8. The number of carbonyl (C=O) groups is 6. The first-order valence-corrected chi connectivity index (χ1v) is 10.6. The van der Waals surface area contributed by atoms with Crippen molar-refractivity contribution in [2.75, 3.05) is 6.54 Å². The lowest BCUT2D eigenvalue weighted by Gasteiger charge is -2.25. The fourth-order valence-corrected chi connectivity index (χ4v) is 2.72. The number of carboxylic acid groups (broad SMARTS) is 2. The lowest BCUT2D eigenvalue weighted by Crippen LogP contribution is -2.58. The van der Waals surface area contributed by atoms with E-state index in [1.54, 1.807) is 0 Å². The summed E-state index contributed by atoms with van der Waals surface area (Å²) in [6.45, 7) is 1.55. The molecule has 0 aromatic heterocycles. The maximum absolute atomic E-state index is 12.7. The summed E-state index contributed by atoms with van der Waals surface area (Å²) in [7, 11) is 0. The van der Waals surface area contributed by atoms with Crippen molar-refractivity contribution in [3.05, 3.63) is 0 Å². The predicted octanol–water partition coefficient (Wildman–Crippen LogP) is -3.90. The summed E-state index contributed by atoms with van der Waals surface area (Å²) in [6, 6.07) is -5.90. The molecule has 34 heavy (non-hydrogen) atoms. The van der Waals surface area contributed by atoms with Gasteiger partial charge in [-0.05, 0) is 39.2 Å². The van der Waals surface area contributed by atoms with Gasteiger partial charge in [-0.3, -0.25) is 24.0 Å². The Morgan fingerprint density at radius 2 is 1.35 bits per heavy atom. The Morgan fingerprint density at radius 1 is 0.824 bits per heavy atom. The number of carbonyl (C=O) groups excluding carboxylic acids is 4. The zero-order valence-corrected chi connectivity index (χ0v) is 18.9. The Balaban J connectivity index is 5.54. The fourth-order valence-electron chi connectivity index (χ4n) is 2.72. The zero-order valence-electron chi connectivity index (χ0n) is 18.9. The average Bonchev–Trinajstić information content (AvgIpc) is 2.73. The second-order valence-electron chi connectivity index (χ2n) is 7.68. The minimum Gasteiger partial charge on any atom is -0.481 e. The lowest BCUT2D eigenvalue weighted by atomic mass is 10.1. The molecule has 194 valence electrons. The van der Waals surface area contributed by atoms with E-state index in [9.17, 15) is 39.0 Å². The van der Waals surface area contributed by atoms with E-state index in [1.807, 2.05) is 0 Å². The van der Waals surface area contributed by atoms with E-state index in [2.05, 4.69) is 16.0 Å². The molecule has 0 aromatic carbocycles. The Bertz CT molecular complexity index is 746. The molecule has 0 fully saturated rings. The SMILES string of the molecule is CC(O)C(N)C(=O)NC(CCC(N)=O)C(=O)NC(CC(=O)O)C(=O)NC(CCCCN)C(=O)O. The zero-order chi connectivity index (χ0) is 26.4. The molecule has 0 aromatic rings. The van der Waals surface area contributed by atoms with E-state index in [-0.39, 0.29) is 19.3 Å². The van der Waals surface area contributed by atoms with Crippen LogP contribution in [0.5, 0.6) is 0 Å². The normalized spacial score (nSPS) is 15.2. The Morgan fingerprint density at radius 3 is 1.82 bits per heavy atom. The maximum atomic E-state index is 12.7. The van der Waals surface area contributed by atoms with Crippen molar-refractivity contribution in [1.82, 2.24) is 16.0 Å². The summed E-state index contributed by atoms with van der Waals surface area (Å²) in [6.07, 6.45) is -1.90. The Hall–Kier alpha value is -3.30. The Labute approximate surface area is 195 Å². The maximum Gasteiger partial charge on any atom is 0.326 e. The van der Waals surface area contributed by atoms with Gasteiger partial charge in [0.25, 0.3) is 0 Å². The number of primary amides is 1. The molecule has 0 saturated heterocycles. The molecule has 0 spiro atoms. The van der Waals surface area contributed by atoms with Crippen LogP contribution < -0.4 is 33.2 Å². The molecule has 0 bridgehead atoms. The number of aliphatic hydroxyl groups excluding tert-OH is 1. The summed E-state index contributed by atoms with van der Waals surface area (Å²) in [5, 5.41) is 34.4. The number of hydrogen-bond donors (Lipinski definition) is 9. The number of amides is 4.